The fourth-order valence-corrected chi connectivity index (χ4v) is 3.01. The Bertz CT molecular complexity index is 650. The zero-order chi connectivity index (χ0) is 14.7. The second-order valence-electron chi connectivity index (χ2n) is 4.30. The summed E-state index contributed by atoms with van der Waals surface area (Å²) in [7, 11) is 1.18. The minimum Gasteiger partial charge on any atom is -0.467 e. The molecule has 0 aliphatic heterocycles. The van der Waals surface area contributed by atoms with Gasteiger partial charge in [0.1, 0.15) is 0 Å². The normalized spacial score (nSPS) is 12.2. The van der Waals surface area contributed by atoms with Gasteiger partial charge in [-0.15, -0.1) is 11.3 Å². The van der Waals surface area contributed by atoms with Crippen LogP contribution in [0.25, 0.3) is 10.1 Å². The summed E-state index contributed by atoms with van der Waals surface area (Å²) in [4.78, 5) is 23.7. The molecule has 106 valence electrons. The quantitative estimate of drug-likeness (QED) is 0.837. The summed E-state index contributed by atoms with van der Waals surface area (Å²) >= 11 is 1.39. The largest absolute Gasteiger partial charge is 0.467 e. The number of carbonyl (C=O) groups excluding carboxylic acids is 2. The molecule has 1 aromatic carbocycles. The number of hydrogen-bond donors (Lipinski definition) is 2. The van der Waals surface area contributed by atoms with Gasteiger partial charge in [-0.2, -0.15) is 0 Å². The molecule has 0 saturated carbocycles. The van der Waals surface area contributed by atoms with Crippen molar-refractivity contribution in [2.45, 2.75) is 13.0 Å². The number of esters is 1. The average molecular weight is 293 g/mol. The second-order valence-corrected chi connectivity index (χ2v) is 5.35. The van der Waals surface area contributed by atoms with Crippen molar-refractivity contribution in [2.75, 3.05) is 13.7 Å². The molecule has 6 heteroatoms. The van der Waals surface area contributed by atoms with E-state index in [0.29, 0.717) is 4.88 Å². The maximum Gasteiger partial charge on any atom is 0.336 e. The molecule has 1 heterocycles. The Hall–Kier alpha value is -1.92. The highest BCUT2D eigenvalue weighted by Crippen LogP contribution is 2.30. The molecule has 0 aliphatic rings. The van der Waals surface area contributed by atoms with Gasteiger partial charge < -0.3 is 15.2 Å². The predicted octanol–water partition coefficient (Wildman–Crippen LogP) is 1.47. The molecule has 0 spiro atoms. The van der Waals surface area contributed by atoms with Crippen LogP contribution in [0, 0.1) is 6.92 Å². The number of aliphatic hydroxyl groups excluding tert-OH is 1. The molecule has 0 aliphatic carbocycles. The number of hydrogen-bond acceptors (Lipinski definition) is 5. The van der Waals surface area contributed by atoms with Gasteiger partial charge in [-0.05, 0) is 23.9 Å². The van der Waals surface area contributed by atoms with Crippen LogP contribution >= 0.6 is 11.3 Å². The van der Waals surface area contributed by atoms with Crippen LogP contribution in [0.3, 0.4) is 0 Å². The van der Waals surface area contributed by atoms with Crippen molar-refractivity contribution in [2.24, 2.45) is 0 Å². The zero-order valence-corrected chi connectivity index (χ0v) is 12.0. The number of aliphatic hydroxyl groups is 1. The van der Waals surface area contributed by atoms with Crippen molar-refractivity contribution in [3.63, 3.8) is 0 Å². The van der Waals surface area contributed by atoms with E-state index in [0.717, 1.165) is 15.6 Å². The fraction of sp³-hybridized carbons (Fsp3) is 0.286. The molecule has 0 bridgehead atoms. The minimum atomic E-state index is -1.35. The third kappa shape index (κ3) is 2.81. The molecule has 0 saturated heterocycles. The summed E-state index contributed by atoms with van der Waals surface area (Å²) in [5.74, 6) is -1.06. The van der Waals surface area contributed by atoms with Crippen molar-refractivity contribution in [1.82, 2.24) is 5.32 Å². The minimum absolute atomic E-state index is 0.167. The molecule has 1 aromatic heterocycles. The topological polar surface area (TPSA) is 75.6 Å². The lowest BCUT2D eigenvalue weighted by Crippen LogP contribution is -2.37. The van der Waals surface area contributed by atoms with Crippen LogP contribution in [-0.2, 0) is 9.53 Å². The maximum atomic E-state index is 12.1. The summed E-state index contributed by atoms with van der Waals surface area (Å²) in [6.07, 6.45) is -1.35. The zero-order valence-electron chi connectivity index (χ0n) is 11.2. The molecule has 2 rings (SSSR count). The van der Waals surface area contributed by atoms with Gasteiger partial charge in [0.05, 0.1) is 18.5 Å². The summed E-state index contributed by atoms with van der Waals surface area (Å²) in [5.41, 5.74) is 0.899. The fourth-order valence-electron chi connectivity index (χ4n) is 1.88. The number of carbonyl (C=O) groups is 2. The Morgan fingerprint density at radius 2 is 2.10 bits per heavy atom. The molecule has 1 atom stereocenters. The van der Waals surface area contributed by atoms with Gasteiger partial charge in [0.15, 0.2) is 6.10 Å². The van der Waals surface area contributed by atoms with Gasteiger partial charge in [0.25, 0.3) is 5.91 Å². The molecule has 5 nitrogen and oxygen atoms in total. The monoisotopic (exact) mass is 293 g/mol. The summed E-state index contributed by atoms with van der Waals surface area (Å²) in [6.45, 7) is 1.71. The van der Waals surface area contributed by atoms with Crippen molar-refractivity contribution in [3.05, 3.63) is 34.7 Å². The SMILES string of the molecule is COC(=O)C(O)CNC(=O)c1sc2ccccc2c1C. The van der Waals surface area contributed by atoms with E-state index >= 15 is 0 Å². The summed E-state index contributed by atoms with van der Waals surface area (Å²) in [5, 5.41) is 13.0. The highest BCUT2D eigenvalue weighted by Gasteiger charge is 2.19. The number of thiophene rings is 1. The van der Waals surface area contributed by atoms with E-state index in [4.69, 9.17) is 0 Å². The summed E-state index contributed by atoms with van der Waals surface area (Å²) < 4.78 is 5.42. The molecule has 0 fully saturated rings. The van der Waals surface area contributed by atoms with E-state index in [9.17, 15) is 14.7 Å². The Kier molecular flexibility index (Phi) is 4.36. The average Bonchev–Trinajstić information content (AvgIpc) is 2.81. The number of rotatable bonds is 4. The molecule has 1 amide bonds. The van der Waals surface area contributed by atoms with Crippen LogP contribution in [0.4, 0.5) is 0 Å². The molecule has 2 N–H and O–H groups in total. The third-order valence-corrected chi connectivity index (χ3v) is 4.25. The number of fused-ring (bicyclic) bond motifs is 1. The van der Waals surface area contributed by atoms with Crippen molar-refractivity contribution >= 4 is 33.3 Å². The van der Waals surface area contributed by atoms with Crippen molar-refractivity contribution < 1.29 is 19.4 Å². The van der Waals surface area contributed by atoms with Gasteiger partial charge in [-0.1, -0.05) is 18.2 Å². The lowest BCUT2D eigenvalue weighted by molar-refractivity contribution is -0.149. The van der Waals surface area contributed by atoms with Crippen LogP contribution in [-0.4, -0.2) is 36.7 Å². The number of aryl methyl sites for hydroxylation is 1. The Labute approximate surface area is 120 Å². The molecule has 2 aromatic rings. The molecular weight excluding hydrogens is 278 g/mol. The van der Waals surface area contributed by atoms with Crippen LogP contribution < -0.4 is 5.32 Å². The van der Waals surface area contributed by atoms with E-state index in [1.807, 2.05) is 31.2 Å². The Balaban J connectivity index is 2.12. The standard InChI is InChI=1S/C14H15NO4S/c1-8-9-5-3-4-6-11(9)20-12(8)13(17)15-7-10(16)14(18)19-2/h3-6,10,16H,7H2,1-2H3,(H,15,17). The van der Waals surface area contributed by atoms with E-state index in [1.54, 1.807) is 0 Å². The van der Waals surface area contributed by atoms with Gasteiger partial charge >= 0.3 is 5.97 Å². The van der Waals surface area contributed by atoms with Crippen LogP contribution in [0.5, 0.6) is 0 Å². The van der Waals surface area contributed by atoms with E-state index < -0.39 is 12.1 Å². The number of benzene rings is 1. The highest BCUT2D eigenvalue weighted by molar-refractivity contribution is 7.21. The number of ether oxygens (including phenoxy) is 1. The smallest absolute Gasteiger partial charge is 0.336 e. The van der Waals surface area contributed by atoms with E-state index in [-0.39, 0.29) is 12.5 Å². The van der Waals surface area contributed by atoms with E-state index in [2.05, 4.69) is 10.1 Å². The first-order valence-electron chi connectivity index (χ1n) is 6.06. The van der Waals surface area contributed by atoms with Gasteiger partial charge in [0, 0.05) is 4.70 Å². The predicted molar refractivity (Wildman–Crippen MR) is 76.9 cm³/mol. The first-order chi connectivity index (χ1) is 9.54. The number of nitrogens with one attached hydrogen (secondary N) is 1. The van der Waals surface area contributed by atoms with Gasteiger partial charge in [-0.25, -0.2) is 4.79 Å². The van der Waals surface area contributed by atoms with Crippen LogP contribution in [0.1, 0.15) is 15.2 Å². The van der Waals surface area contributed by atoms with Crippen LogP contribution in [0.2, 0.25) is 0 Å². The highest BCUT2D eigenvalue weighted by atomic mass is 32.1. The summed E-state index contributed by atoms with van der Waals surface area (Å²) in [6, 6.07) is 7.75. The maximum absolute atomic E-state index is 12.1. The second kappa shape index (κ2) is 6.02. The van der Waals surface area contributed by atoms with Crippen molar-refractivity contribution in [3.8, 4) is 0 Å². The first kappa shape index (κ1) is 14.5. The van der Waals surface area contributed by atoms with Gasteiger partial charge in [0.2, 0.25) is 0 Å². The molecular formula is C14H15NO4S. The first-order valence-corrected chi connectivity index (χ1v) is 6.88. The van der Waals surface area contributed by atoms with Crippen molar-refractivity contribution in [1.29, 1.82) is 0 Å². The lowest BCUT2D eigenvalue weighted by Gasteiger charge is -2.09. The molecule has 1 unspecified atom stereocenters. The number of methoxy groups -OCH3 is 1. The lowest BCUT2D eigenvalue weighted by atomic mass is 10.1. The molecule has 0 radical (unpaired) electrons. The molecule has 20 heavy (non-hydrogen) atoms. The number of amides is 1. The van der Waals surface area contributed by atoms with Gasteiger partial charge in [-0.3, -0.25) is 4.79 Å². The Morgan fingerprint density at radius 1 is 1.40 bits per heavy atom. The Morgan fingerprint density at radius 3 is 2.75 bits per heavy atom. The van der Waals surface area contributed by atoms with E-state index in [1.165, 1.54) is 18.4 Å². The van der Waals surface area contributed by atoms with Crippen LogP contribution in [0.15, 0.2) is 24.3 Å². The third-order valence-electron chi connectivity index (χ3n) is 2.98.